The third-order valence-electron chi connectivity index (χ3n) is 3.19. The Labute approximate surface area is 95.6 Å². The van der Waals surface area contributed by atoms with Gasteiger partial charge in [-0.2, -0.15) is 0 Å². The third kappa shape index (κ3) is 3.40. The summed E-state index contributed by atoms with van der Waals surface area (Å²) in [6.07, 6.45) is 3.63. The maximum atomic E-state index is 11.5. The van der Waals surface area contributed by atoms with Crippen molar-refractivity contribution in [1.82, 2.24) is 10.6 Å². The van der Waals surface area contributed by atoms with Crippen LogP contribution >= 0.6 is 0 Å². The van der Waals surface area contributed by atoms with Crippen LogP contribution in [0.4, 0.5) is 4.79 Å². The van der Waals surface area contributed by atoms with E-state index in [-0.39, 0.29) is 12.1 Å². The first-order valence-corrected chi connectivity index (χ1v) is 5.84. The molecule has 0 radical (unpaired) electrons. The number of aliphatic carboxylic acids is 1. The largest absolute Gasteiger partial charge is 0.480 e. The van der Waals surface area contributed by atoms with Crippen LogP contribution in [0.25, 0.3) is 0 Å². The molecule has 2 amide bonds. The summed E-state index contributed by atoms with van der Waals surface area (Å²) in [7, 11) is 0. The van der Waals surface area contributed by atoms with E-state index >= 15 is 0 Å². The Bertz CT molecular complexity index is 268. The molecule has 1 aliphatic rings. The van der Waals surface area contributed by atoms with Crippen molar-refractivity contribution in [2.75, 3.05) is 0 Å². The number of amides is 2. The van der Waals surface area contributed by atoms with E-state index in [1.54, 1.807) is 6.92 Å². The van der Waals surface area contributed by atoms with Crippen LogP contribution in [0.15, 0.2) is 0 Å². The summed E-state index contributed by atoms with van der Waals surface area (Å²) in [6, 6.07) is -0.976. The predicted molar refractivity (Wildman–Crippen MR) is 60.2 cm³/mol. The van der Waals surface area contributed by atoms with Crippen LogP contribution in [0.1, 0.15) is 39.5 Å². The first kappa shape index (κ1) is 12.8. The van der Waals surface area contributed by atoms with Gasteiger partial charge in [-0.1, -0.05) is 20.3 Å². The highest BCUT2D eigenvalue weighted by Gasteiger charge is 2.26. The molecular weight excluding hydrogens is 208 g/mol. The predicted octanol–water partition coefficient (Wildman–Crippen LogP) is 1.34. The van der Waals surface area contributed by atoms with Crippen molar-refractivity contribution in [1.29, 1.82) is 0 Å². The maximum Gasteiger partial charge on any atom is 0.326 e. The second-order valence-corrected chi connectivity index (χ2v) is 4.43. The van der Waals surface area contributed by atoms with Gasteiger partial charge in [-0.15, -0.1) is 0 Å². The standard InChI is InChI=1S/C11H20N2O3/c1-3-8(10(14)15)12-11(16)13-9-6-4-5-7(9)2/h7-9H,3-6H2,1-2H3,(H,14,15)(H2,12,13,16)/t7?,8-,9?/m0/s1. The first-order valence-electron chi connectivity index (χ1n) is 5.84. The molecule has 0 spiro atoms. The normalized spacial score (nSPS) is 26.1. The van der Waals surface area contributed by atoms with E-state index in [9.17, 15) is 9.59 Å². The maximum absolute atomic E-state index is 11.5. The summed E-state index contributed by atoms with van der Waals surface area (Å²) < 4.78 is 0. The van der Waals surface area contributed by atoms with Crippen molar-refractivity contribution in [2.24, 2.45) is 5.92 Å². The molecule has 1 saturated carbocycles. The zero-order valence-electron chi connectivity index (χ0n) is 9.82. The Balaban J connectivity index is 2.37. The molecule has 0 aliphatic heterocycles. The SMILES string of the molecule is CC[C@H](NC(=O)NC1CCCC1C)C(=O)O. The summed E-state index contributed by atoms with van der Waals surface area (Å²) in [4.78, 5) is 22.3. The Hall–Kier alpha value is -1.26. The number of hydrogen-bond acceptors (Lipinski definition) is 2. The molecule has 1 fully saturated rings. The molecule has 1 rings (SSSR count). The highest BCUT2D eigenvalue weighted by molar-refractivity contribution is 5.82. The lowest BCUT2D eigenvalue weighted by molar-refractivity contribution is -0.139. The quantitative estimate of drug-likeness (QED) is 0.679. The summed E-state index contributed by atoms with van der Waals surface area (Å²) in [5.74, 6) is -0.507. The van der Waals surface area contributed by atoms with E-state index < -0.39 is 12.0 Å². The number of carbonyl (C=O) groups excluding carboxylic acids is 1. The van der Waals surface area contributed by atoms with Gasteiger partial charge in [0.05, 0.1) is 0 Å². The molecule has 2 unspecified atom stereocenters. The van der Waals surface area contributed by atoms with Gasteiger partial charge in [-0.25, -0.2) is 9.59 Å². The van der Waals surface area contributed by atoms with Crippen molar-refractivity contribution in [2.45, 2.75) is 51.6 Å². The van der Waals surface area contributed by atoms with E-state index in [0.29, 0.717) is 12.3 Å². The van der Waals surface area contributed by atoms with Crippen LogP contribution in [0.2, 0.25) is 0 Å². The van der Waals surface area contributed by atoms with Gasteiger partial charge in [-0.3, -0.25) is 0 Å². The van der Waals surface area contributed by atoms with E-state index in [1.807, 2.05) is 0 Å². The van der Waals surface area contributed by atoms with Gasteiger partial charge >= 0.3 is 12.0 Å². The van der Waals surface area contributed by atoms with Gasteiger partial charge in [0.25, 0.3) is 0 Å². The van der Waals surface area contributed by atoms with Gasteiger partial charge < -0.3 is 15.7 Å². The van der Waals surface area contributed by atoms with Gasteiger partial charge in [0.1, 0.15) is 6.04 Å². The Morgan fingerprint density at radius 3 is 2.56 bits per heavy atom. The zero-order chi connectivity index (χ0) is 12.1. The van der Waals surface area contributed by atoms with Gasteiger partial charge in [0, 0.05) is 6.04 Å². The number of carboxylic acids is 1. The van der Waals surface area contributed by atoms with Crippen LogP contribution in [-0.4, -0.2) is 29.2 Å². The van der Waals surface area contributed by atoms with Crippen molar-refractivity contribution in [3.05, 3.63) is 0 Å². The molecule has 0 aromatic carbocycles. The third-order valence-corrected chi connectivity index (χ3v) is 3.19. The van der Waals surface area contributed by atoms with Crippen LogP contribution in [0.5, 0.6) is 0 Å². The molecule has 3 N–H and O–H groups in total. The smallest absolute Gasteiger partial charge is 0.326 e. The second-order valence-electron chi connectivity index (χ2n) is 4.43. The monoisotopic (exact) mass is 228 g/mol. The van der Waals surface area contributed by atoms with Gasteiger partial charge in [0.2, 0.25) is 0 Å². The van der Waals surface area contributed by atoms with Gasteiger partial charge in [-0.05, 0) is 25.2 Å². The highest BCUT2D eigenvalue weighted by atomic mass is 16.4. The lowest BCUT2D eigenvalue weighted by Crippen LogP contribution is -2.49. The van der Waals surface area contributed by atoms with Crippen LogP contribution in [0.3, 0.4) is 0 Å². The topological polar surface area (TPSA) is 78.4 Å². The lowest BCUT2D eigenvalue weighted by Gasteiger charge is -2.19. The van der Waals surface area contributed by atoms with Crippen LogP contribution < -0.4 is 10.6 Å². The molecule has 0 aromatic rings. The molecule has 1 aliphatic carbocycles. The fourth-order valence-electron chi connectivity index (χ4n) is 2.07. The van der Waals surface area contributed by atoms with Crippen LogP contribution in [-0.2, 0) is 4.79 Å². The fraction of sp³-hybridized carbons (Fsp3) is 0.818. The second kappa shape index (κ2) is 5.72. The number of nitrogens with one attached hydrogen (secondary N) is 2. The number of rotatable bonds is 4. The molecular formula is C11H20N2O3. The summed E-state index contributed by atoms with van der Waals surface area (Å²) in [6.45, 7) is 3.84. The minimum Gasteiger partial charge on any atom is -0.480 e. The van der Waals surface area contributed by atoms with Crippen LogP contribution in [0, 0.1) is 5.92 Å². The summed E-state index contributed by atoms with van der Waals surface area (Å²) >= 11 is 0. The molecule has 3 atom stereocenters. The van der Waals surface area contributed by atoms with E-state index in [1.165, 1.54) is 0 Å². The lowest BCUT2D eigenvalue weighted by atomic mass is 10.1. The average Bonchev–Trinajstić information content (AvgIpc) is 2.60. The molecule has 16 heavy (non-hydrogen) atoms. The van der Waals surface area contributed by atoms with E-state index in [4.69, 9.17) is 5.11 Å². The molecule has 5 heteroatoms. The zero-order valence-corrected chi connectivity index (χ0v) is 9.82. The number of hydrogen-bond donors (Lipinski definition) is 3. The van der Waals surface area contributed by atoms with Gasteiger partial charge in [0.15, 0.2) is 0 Å². The van der Waals surface area contributed by atoms with Crippen molar-refractivity contribution < 1.29 is 14.7 Å². The number of carboxylic acid groups (broad SMARTS) is 1. The molecule has 0 aromatic heterocycles. The average molecular weight is 228 g/mol. The summed E-state index contributed by atoms with van der Waals surface area (Å²) in [5.41, 5.74) is 0. The van der Waals surface area contributed by atoms with Crippen molar-refractivity contribution >= 4 is 12.0 Å². The minimum absolute atomic E-state index is 0.186. The molecule has 0 saturated heterocycles. The molecule has 0 heterocycles. The number of urea groups is 1. The Morgan fingerprint density at radius 2 is 2.12 bits per heavy atom. The van der Waals surface area contributed by atoms with Crippen molar-refractivity contribution in [3.8, 4) is 0 Å². The number of carbonyl (C=O) groups is 2. The first-order chi connectivity index (χ1) is 7.54. The fourth-order valence-corrected chi connectivity index (χ4v) is 2.07. The van der Waals surface area contributed by atoms with Crippen molar-refractivity contribution in [3.63, 3.8) is 0 Å². The highest BCUT2D eigenvalue weighted by Crippen LogP contribution is 2.24. The summed E-state index contributed by atoms with van der Waals surface area (Å²) in [5, 5.41) is 14.1. The molecule has 5 nitrogen and oxygen atoms in total. The van der Waals surface area contributed by atoms with E-state index in [2.05, 4.69) is 17.6 Å². The Kier molecular flexibility index (Phi) is 4.58. The molecule has 92 valence electrons. The molecule has 0 bridgehead atoms. The Morgan fingerprint density at radius 1 is 1.44 bits per heavy atom. The minimum atomic E-state index is -0.989. The van der Waals surface area contributed by atoms with E-state index in [0.717, 1.165) is 19.3 Å².